The van der Waals surface area contributed by atoms with Crippen LogP contribution in [0.4, 0.5) is 0 Å². The van der Waals surface area contributed by atoms with E-state index in [-0.39, 0.29) is 0 Å². The third-order valence-corrected chi connectivity index (χ3v) is 3.10. The number of fused-ring (bicyclic) bond motifs is 1. The van der Waals surface area contributed by atoms with Crippen molar-refractivity contribution in [2.75, 3.05) is 13.2 Å². The molecule has 2 heterocycles. The second kappa shape index (κ2) is 11.2. The summed E-state index contributed by atoms with van der Waals surface area (Å²) >= 11 is 0. The standard InChI is InChI=1S/C10H16O2.C4H8.C2H4/c1-2-3-4-8-7-12-9-5-6-11-10(8)9;1-3-4-2;1-2/h2,8-10H,1,3-7H2;3H,1,4H2,2H3;1-2H2/t8?,9-,10-;;/m1../s1. The van der Waals surface area contributed by atoms with Crippen molar-refractivity contribution in [3.8, 4) is 0 Å². The SMILES string of the molecule is C=C.C=CCC.C=CCCC1CO[C@@H]2CCO[C@H]12. The van der Waals surface area contributed by atoms with Gasteiger partial charge in [-0.3, -0.25) is 0 Å². The van der Waals surface area contributed by atoms with Gasteiger partial charge in [-0.15, -0.1) is 26.3 Å². The zero-order valence-corrected chi connectivity index (χ0v) is 11.8. The number of allylic oxidation sites excluding steroid dienone is 2. The van der Waals surface area contributed by atoms with E-state index in [2.05, 4.69) is 33.2 Å². The molecule has 2 heteroatoms. The second-order valence-electron chi connectivity index (χ2n) is 4.32. The van der Waals surface area contributed by atoms with E-state index in [1.807, 2.05) is 12.2 Å². The summed E-state index contributed by atoms with van der Waals surface area (Å²) in [5, 5.41) is 0. The quantitative estimate of drug-likeness (QED) is 0.700. The van der Waals surface area contributed by atoms with Crippen molar-refractivity contribution in [3.05, 3.63) is 38.5 Å². The van der Waals surface area contributed by atoms with Gasteiger partial charge < -0.3 is 9.47 Å². The summed E-state index contributed by atoms with van der Waals surface area (Å²) < 4.78 is 11.3. The molecule has 0 radical (unpaired) electrons. The molecular weight excluding hydrogens is 224 g/mol. The van der Waals surface area contributed by atoms with Crippen LogP contribution in [0.3, 0.4) is 0 Å². The summed E-state index contributed by atoms with van der Waals surface area (Å²) in [6.45, 7) is 17.0. The van der Waals surface area contributed by atoms with Gasteiger partial charge in [0.1, 0.15) is 0 Å². The van der Waals surface area contributed by atoms with E-state index in [9.17, 15) is 0 Å². The first-order chi connectivity index (χ1) is 8.83. The zero-order chi connectivity index (χ0) is 13.8. The number of hydrogen-bond acceptors (Lipinski definition) is 2. The maximum atomic E-state index is 5.63. The lowest BCUT2D eigenvalue weighted by Crippen LogP contribution is -2.22. The number of rotatable bonds is 4. The molecule has 3 atom stereocenters. The Kier molecular flexibility index (Phi) is 10.7. The molecule has 2 aliphatic rings. The zero-order valence-electron chi connectivity index (χ0n) is 11.8. The molecule has 104 valence electrons. The summed E-state index contributed by atoms with van der Waals surface area (Å²) in [4.78, 5) is 0. The van der Waals surface area contributed by atoms with Gasteiger partial charge in [-0.05, 0) is 25.7 Å². The van der Waals surface area contributed by atoms with Crippen molar-refractivity contribution in [1.82, 2.24) is 0 Å². The smallest absolute Gasteiger partial charge is 0.0887 e. The first-order valence-electron chi connectivity index (χ1n) is 6.78. The van der Waals surface area contributed by atoms with Gasteiger partial charge in [-0.25, -0.2) is 0 Å². The Labute approximate surface area is 112 Å². The van der Waals surface area contributed by atoms with Crippen LogP contribution in [0.1, 0.15) is 32.6 Å². The molecule has 0 aromatic carbocycles. The average Bonchev–Trinajstić information content (AvgIpc) is 3.02. The fraction of sp³-hybridized carbons (Fsp3) is 0.625. The summed E-state index contributed by atoms with van der Waals surface area (Å²) in [7, 11) is 0. The number of ether oxygens (including phenoxy) is 2. The highest BCUT2D eigenvalue weighted by Gasteiger charge is 2.40. The third kappa shape index (κ3) is 5.65. The predicted molar refractivity (Wildman–Crippen MR) is 78.8 cm³/mol. The van der Waals surface area contributed by atoms with Crippen LogP contribution in [0.2, 0.25) is 0 Å². The molecular formula is C16H28O2. The topological polar surface area (TPSA) is 18.5 Å². The minimum atomic E-state index is 0.393. The summed E-state index contributed by atoms with van der Waals surface area (Å²) in [6.07, 6.45) is 9.08. The first-order valence-corrected chi connectivity index (χ1v) is 6.78. The summed E-state index contributed by atoms with van der Waals surface area (Å²) in [5.41, 5.74) is 0. The van der Waals surface area contributed by atoms with Gasteiger partial charge >= 0.3 is 0 Å². The Hall–Kier alpha value is -0.860. The van der Waals surface area contributed by atoms with E-state index in [4.69, 9.17) is 9.47 Å². The molecule has 0 spiro atoms. The molecule has 1 unspecified atom stereocenters. The molecule has 2 nitrogen and oxygen atoms in total. The predicted octanol–water partition coefficient (Wildman–Crippen LogP) is 4.14. The third-order valence-electron chi connectivity index (χ3n) is 3.10. The van der Waals surface area contributed by atoms with Gasteiger partial charge in [0.05, 0.1) is 18.8 Å². The lowest BCUT2D eigenvalue weighted by molar-refractivity contribution is 0.0624. The Morgan fingerprint density at radius 3 is 2.39 bits per heavy atom. The van der Waals surface area contributed by atoms with Crippen LogP contribution >= 0.6 is 0 Å². The van der Waals surface area contributed by atoms with E-state index in [1.165, 1.54) is 6.42 Å². The van der Waals surface area contributed by atoms with Crippen molar-refractivity contribution in [2.45, 2.75) is 44.8 Å². The Morgan fingerprint density at radius 1 is 1.17 bits per heavy atom. The van der Waals surface area contributed by atoms with Crippen LogP contribution in [0.25, 0.3) is 0 Å². The fourth-order valence-electron chi connectivity index (χ4n) is 2.13. The molecule has 0 aliphatic carbocycles. The van der Waals surface area contributed by atoms with E-state index in [0.29, 0.717) is 18.1 Å². The van der Waals surface area contributed by atoms with Gasteiger partial charge in [0.25, 0.3) is 0 Å². The molecule has 2 saturated heterocycles. The maximum Gasteiger partial charge on any atom is 0.0887 e. The van der Waals surface area contributed by atoms with Crippen molar-refractivity contribution < 1.29 is 9.47 Å². The van der Waals surface area contributed by atoms with Crippen LogP contribution in [0.15, 0.2) is 38.5 Å². The first kappa shape index (κ1) is 17.1. The van der Waals surface area contributed by atoms with E-state index >= 15 is 0 Å². The highest BCUT2D eigenvalue weighted by molar-refractivity contribution is 4.89. The van der Waals surface area contributed by atoms with Gasteiger partial charge in [-0.1, -0.05) is 19.1 Å². The Morgan fingerprint density at radius 2 is 1.83 bits per heavy atom. The van der Waals surface area contributed by atoms with Crippen molar-refractivity contribution in [3.63, 3.8) is 0 Å². The maximum absolute atomic E-state index is 5.63. The van der Waals surface area contributed by atoms with Crippen LogP contribution in [0.5, 0.6) is 0 Å². The second-order valence-corrected chi connectivity index (χ2v) is 4.32. The fourth-order valence-corrected chi connectivity index (χ4v) is 2.13. The lowest BCUT2D eigenvalue weighted by Gasteiger charge is -2.14. The molecule has 18 heavy (non-hydrogen) atoms. The van der Waals surface area contributed by atoms with E-state index < -0.39 is 0 Å². The monoisotopic (exact) mass is 252 g/mol. The molecule has 2 aliphatic heterocycles. The molecule has 0 amide bonds. The number of hydrogen-bond donors (Lipinski definition) is 0. The highest BCUT2D eigenvalue weighted by atomic mass is 16.6. The molecule has 0 saturated carbocycles. The van der Waals surface area contributed by atoms with Gasteiger partial charge in [-0.2, -0.15) is 0 Å². The summed E-state index contributed by atoms with van der Waals surface area (Å²) in [6, 6.07) is 0. The molecule has 0 aromatic heterocycles. The molecule has 0 bridgehead atoms. The largest absolute Gasteiger partial charge is 0.375 e. The summed E-state index contributed by atoms with van der Waals surface area (Å²) in [5.74, 6) is 0.621. The molecule has 2 fully saturated rings. The van der Waals surface area contributed by atoms with Gasteiger partial charge in [0.2, 0.25) is 0 Å². The van der Waals surface area contributed by atoms with Crippen molar-refractivity contribution in [1.29, 1.82) is 0 Å². The van der Waals surface area contributed by atoms with Gasteiger partial charge in [0, 0.05) is 12.5 Å². The molecule has 0 N–H and O–H groups in total. The van der Waals surface area contributed by atoms with E-state index in [0.717, 1.165) is 32.5 Å². The van der Waals surface area contributed by atoms with Crippen LogP contribution < -0.4 is 0 Å². The van der Waals surface area contributed by atoms with Crippen molar-refractivity contribution in [2.24, 2.45) is 5.92 Å². The van der Waals surface area contributed by atoms with E-state index in [1.54, 1.807) is 0 Å². The Balaban J connectivity index is 0.000000415. The Bertz CT molecular complexity index is 225. The molecule has 2 rings (SSSR count). The van der Waals surface area contributed by atoms with Crippen LogP contribution in [-0.4, -0.2) is 25.4 Å². The average molecular weight is 252 g/mol. The van der Waals surface area contributed by atoms with Gasteiger partial charge in [0.15, 0.2) is 0 Å². The normalized spacial score (nSPS) is 28.2. The minimum Gasteiger partial charge on any atom is -0.375 e. The van der Waals surface area contributed by atoms with Crippen LogP contribution in [-0.2, 0) is 9.47 Å². The van der Waals surface area contributed by atoms with Crippen molar-refractivity contribution >= 4 is 0 Å². The van der Waals surface area contributed by atoms with Crippen LogP contribution in [0, 0.1) is 5.92 Å². The highest BCUT2D eigenvalue weighted by Crippen LogP contribution is 2.33. The minimum absolute atomic E-state index is 0.393. The molecule has 0 aromatic rings. The lowest BCUT2D eigenvalue weighted by atomic mass is 9.97.